The van der Waals surface area contributed by atoms with E-state index in [1.807, 2.05) is 24.3 Å². The zero-order valence-corrected chi connectivity index (χ0v) is 8.46. The van der Waals surface area contributed by atoms with Crippen molar-refractivity contribution in [2.45, 2.75) is 24.5 Å². The molecule has 14 heavy (non-hydrogen) atoms. The first-order chi connectivity index (χ1) is 6.57. The Kier molecular flexibility index (Phi) is 2.33. The Hall–Kier alpha value is -0.870. The van der Waals surface area contributed by atoms with Gasteiger partial charge in [0, 0.05) is 0 Å². The van der Waals surface area contributed by atoms with E-state index in [1.54, 1.807) is 0 Å². The van der Waals surface area contributed by atoms with Crippen LogP contribution in [0.15, 0.2) is 24.3 Å². The highest BCUT2D eigenvalue weighted by atomic mass is 32.2. The Morgan fingerprint density at radius 3 is 2.50 bits per heavy atom. The molecule has 0 saturated heterocycles. The standard InChI is InChI=1S/C10H12O3S/c11-14(12,13)10-6-5-8-3-1-2-4-9(8)7-10/h1-4,10H,5-7H2,(H,11,12,13)/p-1. The van der Waals surface area contributed by atoms with Crippen molar-refractivity contribution in [1.82, 2.24) is 0 Å². The van der Waals surface area contributed by atoms with E-state index in [0.717, 1.165) is 5.56 Å². The predicted octanol–water partition coefficient (Wildman–Crippen LogP) is 1.09. The fourth-order valence-electron chi connectivity index (χ4n) is 1.91. The molecule has 0 N–H and O–H groups in total. The molecular weight excluding hydrogens is 200 g/mol. The molecule has 0 heterocycles. The van der Waals surface area contributed by atoms with E-state index in [0.29, 0.717) is 19.3 Å². The lowest BCUT2D eigenvalue weighted by molar-refractivity contribution is 0.439. The number of hydrogen-bond acceptors (Lipinski definition) is 3. The molecule has 0 spiro atoms. The lowest BCUT2D eigenvalue weighted by Crippen LogP contribution is -2.27. The van der Waals surface area contributed by atoms with Gasteiger partial charge in [-0.3, -0.25) is 0 Å². The van der Waals surface area contributed by atoms with Gasteiger partial charge in [0.2, 0.25) is 0 Å². The van der Waals surface area contributed by atoms with Crippen LogP contribution < -0.4 is 0 Å². The second-order valence-corrected chi connectivity index (χ2v) is 5.28. The molecule has 0 bridgehead atoms. The van der Waals surface area contributed by atoms with Crippen molar-refractivity contribution in [3.8, 4) is 0 Å². The van der Waals surface area contributed by atoms with E-state index in [9.17, 15) is 13.0 Å². The van der Waals surface area contributed by atoms with Crippen molar-refractivity contribution >= 4 is 10.1 Å². The van der Waals surface area contributed by atoms with Gasteiger partial charge in [-0.2, -0.15) is 0 Å². The van der Waals surface area contributed by atoms with Crippen LogP contribution in [0.5, 0.6) is 0 Å². The van der Waals surface area contributed by atoms with Crippen LogP contribution in [-0.4, -0.2) is 18.2 Å². The average molecular weight is 211 g/mol. The van der Waals surface area contributed by atoms with E-state index in [1.165, 1.54) is 5.56 Å². The summed E-state index contributed by atoms with van der Waals surface area (Å²) in [6.07, 6.45) is 1.53. The monoisotopic (exact) mass is 211 g/mol. The van der Waals surface area contributed by atoms with Gasteiger partial charge in [0.15, 0.2) is 0 Å². The fourth-order valence-corrected chi connectivity index (χ4v) is 2.70. The van der Waals surface area contributed by atoms with Gasteiger partial charge < -0.3 is 4.55 Å². The van der Waals surface area contributed by atoms with Gasteiger partial charge in [0.05, 0.1) is 15.4 Å². The molecule has 0 saturated carbocycles. The normalized spacial score (nSPS) is 21.6. The summed E-state index contributed by atoms with van der Waals surface area (Å²) in [6, 6.07) is 7.69. The molecule has 1 unspecified atom stereocenters. The maximum absolute atomic E-state index is 10.8. The smallest absolute Gasteiger partial charge is 0.0978 e. The summed E-state index contributed by atoms with van der Waals surface area (Å²) >= 11 is 0. The first-order valence-corrected chi connectivity index (χ1v) is 6.06. The molecule has 1 aliphatic rings. The SMILES string of the molecule is O=S(=O)([O-])C1CCc2ccccc2C1. The third-order valence-electron chi connectivity index (χ3n) is 2.71. The fraction of sp³-hybridized carbons (Fsp3) is 0.400. The summed E-state index contributed by atoms with van der Waals surface area (Å²) in [6.45, 7) is 0. The minimum atomic E-state index is -4.12. The van der Waals surface area contributed by atoms with E-state index >= 15 is 0 Å². The number of hydrogen-bond donors (Lipinski definition) is 0. The Balaban J connectivity index is 2.30. The van der Waals surface area contributed by atoms with Crippen LogP contribution in [0.4, 0.5) is 0 Å². The Morgan fingerprint density at radius 2 is 1.86 bits per heavy atom. The van der Waals surface area contributed by atoms with Gasteiger partial charge in [0.25, 0.3) is 0 Å². The van der Waals surface area contributed by atoms with Crippen molar-refractivity contribution in [2.75, 3.05) is 0 Å². The summed E-state index contributed by atoms with van der Waals surface area (Å²) in [5.41, 5.74) is 2.18. The van der Waals surface area contributed by atoms with Crippen molar-refractivity contribution < 1.29 is 13.0 Å². The molecule has 2 rings (SSSR count). The highest BCUT2D eigenvalue weighted by molar-refractivity contribution is 7.86. The highest BCUT2D eigenvalue weighted by Gasteiger charge is 2.22. The van der Waals surface area contributed by atoms with Crippen LogP contribution in [0, 0.1) is 0 Å². The molecule has 1 aliphatic carbocycles. The van der Waals surface area contributed by atoms with Crippen LogP contribution in [0.1, 0.15) is 17.5 Å². The molecule has 1 aromatic rings. The molecule has 0 radical (unpaired) electrons. The topological polar surface area (TPSA) is 57.2 Å². The van der Waals surface area contributed by atoms with Crippen molar-refractivity contribution in [1.29, 1.82) is 0 Å². The van der Waals surface area contributed by atoms with Gasteiger partial charge in [-0.1, -0.05) is 24.3 Å². The Morgan fingerprint density at radius 1 is 1.21 bits per heavy atom. The predicted molar refractivity (Wildman–Crippen MR) is 52.0 cm³/mol. The summed E-state index contributed by atoms with van der Waals surface area (Å²) in [5.74, 6) is 0. The van der Waals surface area contributed by atoms with Crippen LogP contribution in [0.3, 0.4) is 0 Å². The van der Waals surface area contributed by atoms with Gasteiger partial charge >= 0.3 is 0 Å². The molecular formula is C10H11O3S-. The zero-order chi connectivity index (χ0) is 10.2. The van der Waals surface area contributed by atoms with E-state index in [4.69, 9.17) is 0 Å². The van der Waals surface area contributed by atoms with Gasteiger partial charge in [0.1, 0.15) is 0 Å². The van der Waals surface area contributed by atoms with Crippen LogP contribution in [-0.2, 0) is 23.0 Å². The maximum atomic E-state index is 10.8. The molecule has 0 aromatic heterocycles. The molecule has 1 atom stereocenters. The van der Waals surface area contributed by atoms with Gasteiger partial charge in [-0.05, 0) is 30.4 Å². The van der Waals surface area contributed by atoms with E-state index < -0.39 is 15.4 Å². The summed E-state index contributed by atoms with van der Waals surface area (Å²) in [5, 5.41) is -0.725. The Labute approximate surface area is 83.5 Å². The van der Waals surface area contributed by atoms with Gasteiger partial charge in [-0.15, -0.1) is 0 Å². The van der Waals surface area contributed by atoms with Crippen LogP contribution in [0.2, 0.25) is 0 Å². The Bertz CT molecular complexity index is 436. The summed E-state index contributed by atoms with van der Waals surface area (Å²) < 4.78 is 32.5. The molecule has 0 aliphatic heterocycles. The zero-order valence-electron chi connectivity index (χ0n) is 7.64. The molecule has 3 nitrogen and oxygen atoms in total. The molecule has 0 amide bonds. The molecule has 76 valence electrons. The average Bonchev–Trinajstić information content (AvgIpc) is 2.16. The number of fused-ring (bicyclic) bond motifs is 1. The molecule has 4 heteroatoms. The van der Waals surface area contributed by atoms with Gasteiger partial charge in [-0.25, -0.2) is 8.42 Å². The van der Waals surface area contributed by atoms with E-state index in [2.05, 4.69) is 0 Å². The first kappa shape index (κ1) is 9.68. The lowest BCUT2D eigenvalue weighted by atomic mass is 9.92. The number of aryl methyl sites for hydroxylation is 1. The largest absolute Gasteiger partial charge is 0.748 e. The number of rotatable bonds is 1. The molecule has 1 aromatic carbocycles. The maximum Gasteiger partial charge on any atom is 0.0978 e. The third kappa shape index (κ3) is 1.81. The number of benzene rings is 1. The lowest BCUT2D eigenvalue weighted by Gasteiger charge is -2.26. The van der Waals surface area contributed by atoms with Crippen molar-refractivity contribution in [3.05, 3.63) is 35.4 Å². The minimum Gasteiger partial charge on any atom is -0.748 e. The summed E-state index contributed by atoms with van der Waals surface area (Å²) in [7, 11) is -4.12. The third-order valence-corrected chi connectivity index (χ3v) is 3.93. The summed E-state index contributed by atoms with van der Waals surface area (Å²) in [4.78, 5) is 0. The highest BCUT2D eigenvalue weighted by Crippen LogP contribution is 2.24. The van der Waals surface area contributed by atoms with Crippen molar-refractivity contribution in [2.24, 2.45) is 0 Å². The quantitative estimate of drug-likeness (QED) is 0.653. The second kappa shape index (κ2) is 3.37. The minimum absolute atomic E-state index is 0.377. The van der Waals surface area contributed by atoms with E-state index in [-0.39, 0.29) is 0 Å². The first-order valence-electron chi connectivity index (χ1n) is 4.59. The molecule has 0 fully saturated rings. The van der Waals surface area contributed by atoms with Crippen LogP contribution in [0.25, 0.3) is 0 Å². The second-order valence-electron chi connectivity index (χ2n) is 3.63. The van der Waals surface area contributed by atoms with Crippen molar-refractivity contribution in [3.63, 3.8) is 0 Å². The van der Waals surface area contributed by atoms with Crippen LogP contribution >= 0.6 is 0 Å².